The number of nitrogens with one attached hydrogen (secondary N) is 2. The second-order valence-corrected chi connectivity index (χ2v) is 27.7. The number of amides is 1. The number of nitriles is 1. The van der Waals surface area contributed by atoms with Crippen LogP contribution in [0.25, 0.3) is 22.3 Å². The van der Waals surface area contributed by atoms with Crippen LogP contribution in [0.3, 0.4) is 0 Å². The highest BCUT2D eigenvalue weighted by atomic mass is 31.2. The van der Waals surface area contributed by atoms with E-state index >= 15 is 0 Å². The lowest BCUT2D eigenvalue weighted by atomic mass is 9.80. The van der Waals surface area contributed by atoms with Crippen LogP contribution in [-0.4, -0.2) is 111 Å². The quantitative estimate of drug-likeness (QED) is 0.0198. The molecular weight excluding hydrogens is 1090 g/mol. The van der Waals surface area contributed by atoms with E-state index in [1.54, 1.807) is 34.3 Å². The first-order chi connectivity index (χ1) is 38.2. The lowest BCUT2D eigenvalue weighted by Crippen LogP contribution is -2.50. The van der Waals surface area contributed by atoms with Crippen molar-refractivity contribution >= 4 is 58.6 Å². The highest BCUT2D eigenvalue weighted by Gasteiger charge is 2.53. The summed E-state index contributed by atoms with van der Waals surface area (Å²) in [6, 6.07) is 27.1. The highest BCUT2D eigenvalue weighted by Crippen LogP contribution is 2.52. The zero-order valence-electron chi connectivity index (χ0n) is 45.9. The second kappa shape index (κ2) is 25.5. The Labute approximate surface area is 463 Å². The SMILES string of the molecule is COc1ccc(C(OCc2nc3cncnc3n2CCCOP(=O)(OCCC#N)OC[C@H]2O[C@@H](n3cnc4c(=O)[nH]c(NC(=O)C(C)C)nc43)[C@H](O[PH](=O)O)[C@@H]2O[Si](C)(C)C(C)(C)C)(c2ccccc2)c2ccc(OC)cc2)cc1. The summed E-state index contributed by atoms with van der Waals surface area (Å²) in [4.78, 5) is 61.2. The van der Waals surface area contributed by atoms with Crippen LogP contribution in [0.1, 0.15) is 76.2 Å². The lowest BCUT2D eigenvalue weighted by Gasteiger charge is -2.40. The number of nitrogens with zero attached hydrogens (tertiary/aromatic N) is 8. The van der Waals surface area contributed by atoms with Crippen molar-refractivity contribution in [3.8, 4) is 17.6 Å². The fourth-order valence-corrected chi connectivity index (χ4v) is 11.8. The first-order valence-corrected chi connectivity index (χ1v) is 31.4. The van der Waals surface area contributed by atoms with E-state index in [9.17, 15) is 28.9 Å². The Hall–Kier alpha value is -6.52. The van der Waals surface area contributed by atoms with Crippen LogP contribution in [0.2, 0.25) is 18.1 Å². The molecule has 426 valence electrons. The van der Waals surface area contributed by atoms with Crippen LogP contribution < -0.4 is 20.3 Å². The number of ether oxygens (including phenoxy) is 4. The molecule has 1 amide bonds. The molecule has 27 heteroatoms. The number of anilines is 1. The van der Waals surface area contributed by atoms with Crippen LogP contribution in [0, 0.1) is 17.2 Å². The topological polar surface area (TPSA) is 298 Å². The van der Waals surface area contributed by atoms with Crippen LogP contribution in [-0.2, 0) is 64.7 Å². The van der Waals surface area contributed by atoms with Crippen molar-refractivity contribution < 1.29 is 60.3 Å². The normalized spacial score (nSPS) is 18.1. The van der Waals surface area contributed by atoms with Gasteiger partial charge in [0.1, 0.15) is 59.7 Å². The molecule has 7 aromatic rings. The van der Waals surface area contributed by atoms with E-state index < -0.39 is 83.6 Å². The van der Waals surface area contributed by atoms with Crippen LogP contribution >= 0.6 is 16.1 Å². The Bertz CT molecular complexity index is 3380. The van der Waals surface area contributed by atoms with E-state index in [2.05, 4.69) is 30.2 Å². The molecule has 6 atom stereocenters. The molecule has 3 aromatic carbocycles. The molecule has 0 bridgehead atoms. The average Bonchev–Trinajstić information content (AvgIpc) is 4.13. The minimum absolute atomic E-state index is 0.0310. The molecule has 4 aromatic heterocycles. The number of phosphoric ester groups is 1. The minimum Gasteiger partial charge on any atom is -0.497 e. The molecule has 8 rings (SSSR count). The number of rotatable bonds is 26. The fourth-order valence-electron chi connectivity index (χ4n) is 8.80. The van der Waals surface area contributed by atoms with E-state index in [-0.39, 0.29) is 56.3 Å². The summed E-state index contributed by atoms with van der Waals surface area (Å²) in [7, 11) is -7.88. The number of carbonyl (C=O) groups excluding carboxylic acids is 1. The highest BCUT2D eigenvalue weighted by molar-refractivity contribution is 7.48. The smallest absolute Gasteiger partial charge is 0.474 e. The molecule has 0 saturated carbocycles. The lowest BCUT2D eigenvalue weighted by molar-refractivity contribution is -0.118. The number of benzene rings is 3. The third-order valence-electron chi connectivity index (χ3n) is 13.9. The van der Waals surface area contributed by atoms with E-state index in [1.165, 1.54) is 17.2 Å². The minimum atomic E-state index is -4.56. The largest absolute Gasteiger partial charge is 0.497 e. The Balaban J connectivity index is 1.06. The second-order valence-electron chi connectivity index (χ2n) is 20.5. The number of H-pyrrole nitrogens is 1. The maximum atomic E-state index is 14.7. The van der Waals surface area contributed by atoms with Gasteiger partial charge in [-0.05, 0) is 65.5 Å². The van der Waals surface area contributed by atoms with Gasteiger partial charge in [0.05, 0.1) is 59.1 Å². The average molecular weight is 1160 g/mol. The summed E-state index contributed by atoms with van der Waals surface area (Å²) < 4.78 is 85.8. The molecule has 1 aliphatic rings. The molecule has 1 fully saturated rings. The molecule has 24 nitrogen and oxygen atoms in total. The molecule has 1 saturated heterocycles. The molecule has 0 radical (unpaired) electrons. The molecule has 1 aliphatic heterocycles. The summed E-state index contributed by atoms with van der Waals surface area (Å²) in [6.07, 6.45) is -0.756. The Morgan fingerprint density at radius 2 is 1.57 bits per heavy atom. The Morgan fingerprint density at radius 3 is 2.19 bits per heavy atom. The van der Waals surface area contributed by atoms with E-state index in [4.69, 9.17) is 46.5 Å². The van der Waals surface area contributed by atoms with Gasteiger partial charge in [-0.25, -0.2) is 24.5 Å². The van der Waals surface area contributed by atoms with Gasteiger partial charge in [-0.3, -0.25) is 47.1 Å². The number of hydrogen-bond acceptors (Lipinski definition) is 19. The van der Waals surface area contributed by atoms with E-state index in [0.29, 0.717) is 28.5 Å². The van der Waals surface area contributed by atoms with Gasteiger partial charge in [0.15, 0.2) is 31.4 Å². The van der Waals surface area contributed by atoms with Gasteiger partial charge in [-0.15, -0.1) is 0 Å². The molecular formula is C53H66N10O14P2Si. The number of carbonyl (C=O) groups is 1. The van der Waals surface area contributed by atoms with Crippen molar-refractivity contribution in [3.63, 3.8) is 0 Å². The van der Waals surface area contributed by atoms with Crippen LogP contribution in [0.4, 0.5) is 5.95 Å². The predicted molar refractivity (Wildman–Crippen MR) is 296 cm³/mol. The zero-order valence-corrected chi connectivity index (χ0v) is 48.7. The summed E-state index contributed by atoms with van der Waals surface area (Å²) in [5.74, 6) is 0.791. The number of phosphoric acid groups is 1. The summed E-state index contributed by atoms with van der Waals surface area (Å²) in [6.45, 7) is 12.4. The van der Waals surface area contributed by atoms with E-state index in [0.717, 1.165) is 16.7 Å². The van der Waals surface area contributed by atoms with E-state index in [1.807, 2.05) is 123 Å². The maximum absolute atomic E-state index is 14.7. The number of fused-ring (bicyclic) bond motifs is 2. The summed E-state index contributed by atoms with van der Waals surface area (Å²) >= 11 is 0. The van der Waals surface area contributed by atoms with Crippen molar-refractivity contribution in [2.75, 3.05) is 39.4 Å². The number of hydrogen-bond donors (Lipinski definition) is 3. The summed E-state index contributed by atoms with van der Waals surface area (Å²) in [5.41, 5.74) is 1.43. The number of aromatic amines is 1. The molecule has 3 N–H and O–H groups in total. The molecule has 5 heterocycles. The van der Waals surface area contributed by atoms with Gasteiger partial charge in [0.2, 0.25) is 11.9 Å². The van der Waals surface area contributed by atoms with Crippen LogP contribution in [0.15, 0.2) is 103 Å². The van der Waals surface area contributed by atoms with Gasteiger partial charge in [0, 0.05) is 12.5 Å². The first kappa shape index (κ1) is 59.6. The van der Waals surface area contributed by atoms with Gasteiger partial charge < -0.3 is 32.8 Å². The number of imidazole rings is 2. The van der Waals surface area contributed by atoms with Crippen molar-refractivity contribution in [3.05, 3.63) is 131 Å². The Kier molecular flexibility index (Phi) is 19.0. The van der Waals surface area contributed by atoms with Gasteiger partial charge in [0.25, 0.3) is 5.56 Å². The van der Waals surface area contributed by atoms with Gasteiger partial charge >= 0.3 is 16.1 Å². The zero-order chi connectivity index (χ0) is 57.4. The fraction of sp³-hybridized carbons (Fsp3) is 0.434. The molecule has 80 heavy (non-hydrogen) atoms. The van der Waals surface area contributed by atoms with Crippen molar-refractivity contribution in [2.45, 2.75) is 109 Å². The number of methoxy groups -OCH3 is 2. The standard InChI is InChI=1S/C53H66N10O14P2Si/c1-34(2)48(64)60-51-59-47-43(49(65)61-51)57-33-63(47)50-45(76-78(66)67)44(77-80(8,9)52(3,4)5)41(75-50)30-74-79(68,72-27-13-25-54)73-28-14-26-62-42(58-40-29-55-32-56-46(40)62)31-71-53(35-15-11-10-12-16-35,36-17-21-38(69-6)22-18-36)37-19-23-39(70-7)24-20-37/h10-12,15-24,29,32-34,41,44-45,50,78H,13-14,26-28,30-31H2,1-9H3,(H,66,67)(H2,59,60,61,64,65)/t41-,44-,45-,50-,79?/m1/s1. The third-order valence-corrected chi connectivity index (χ3v) is 20.4. The van der Waals surface area contributed by atoms with Crippen LogP contribution in [0.5, 0.6) is 11.5 Å². The van der Waals surface area contributed by atoms with Gasteiger partial charge in [-0.2, -0.15) is 10.2 Å². The Morgan fingerprint density at radius 1 is 0.925 bits per heavy atom. The molecule has 2 unspecified atom stereocenters. The third kappa shape index (κ3) is 13.3. The maximum Gasteiger partial charge on any atom is 0.474 e. The monoisotopic (exact) mass is 1160 g/mol. The van der Waals surface area contributed by atoms with Gasteiger partial charge in [-0.1, -0.05) is 89.2 Å². The molecule has 0 spiro atoms. The number of aryl methyl sites for hydroxylation is 1. The summed E-state index contributed by atoms with van der Waals surface area (Å²) in [5, 5.41) is 11.6. The first-order valence-electron chi connectivity index (χ1n) is 25.8. The molecule has 0 aliphatic carbocycles. The van der Waals surface area contributed by atoms with Crippen molar-refractivity contribution in [1.29, 1.82) is 5.26 Å². The number of aromatic nitrogens is 8. The predicted octanol–water partition coefficient (Wildman–Crippen LogP) is 8.60. The van der Waals surface area contributed by atoms with Crippen molar-refractivity contribution in [1.82, 2.24) is 39.0 Å². The van der Waals surface area contributed by atoms with Crippen molar-refractivity contribution in [2.24, 2.45) is 5.92 Å².